The Hall–Kier alpha value is -1.95. The normalized spacial score (nSPS) is 10.3. The fourth-order valence-electron chi connectivity index (χ4n) is 1.69. The van der Waals surface area contributed by atoms with Crippen LogP contribution >= 0.6 is 12.2 Å². The minimum atomic E-state index is -0.232. The second-order valence-electron chi connectivity index (χ2n) is 4.41. The number of benzene rings is 1. The number of aromatic nitrogens is 2. The number of rotatable bonds is 5. The highest BCUT2D eigenvalue weighted by molar-refractivity contribution is 7.80. The molecule has 0 fully saturated rings. The molecule has 0 aliphatic heterocycles. The average Bonchev–Trinajstić information content (AvgIpc) is 2.86. The lowest BCUT2D eigenvalue weighted by molar-refractivity contribution is 0.624. The van der Waals surface area contributed by atoms with Crippen molar-refractivity contribution in [1.82, 2.24) is 15.1 Å². The van der Waals surface area contributed by atoms with E-state index in [-0.39, 0.29) is 5.82 Å². The molecule has 1 aromatic carbocycles. The number of nitrogens with one attached hydrogen (secondary N) is 2. The topological polar surface area (TPSA) is 41.9 Å². The van der Waals surface area contributed by atoms with Gasteiger partial charge in [-0.1, -0.05) is 19.1 Å². The Morgan fingerprint density at radius 3 is 2.75 bits per heavy atom. The standard InChI is InChI=1S/C14H17FN4S/c1-2-8-16-14(20)17-13-7-9-19(18-13)10-11-3-5-12(15)6-4-11/h3-7,9H,2,8,10H2,1H3,(H2,16,17,18,20). The summed E-state index contributed by atoms with van der Waals surface area (Å²) in [5.41, 5.74) is 0.993. The molecule has 0 amide bonds. The van der Waals surface area contributed by atoms with Gasteiger partial charge in [0.2, 0.25) is 0 Å². The Kier molecular flexibility index (Phi) is 5.06. The van der Waals surface area contributed by atoms with Gasteiger partial charge in [-0.3, -0.25) is 4.68 Å². The highest BCUT2D eigenvalue weighted by Crippen LogP contribution is 2.07. The van der Waals surface area contributed by atoms with E-state index in [1.54, 1.807) is 16.8 Å². The third-order valence-electron chi connectivity index (χ3n) is 2.68. The zero-order valence-electron chi connectivity index (χ0n) is 11.3. The van der Waals surface area contributed by atoms with Crippen molar-refractivity contribution in [3.05, 3.63) is 47.9 Å². The Morgan fingerprint density at radius 1 is 1.30 bits per heavy atom. The van der Waals surface area contributed by atoms with Crippen molar-refractivity contribution in [3.8, 4) is 0 Å². The Balaban J connectivity index is 1.91. The SMILES string of the molecule is CCCNC(=S)Nc1ccn(Cc2ccc(F)cc2)n1. The van der Waals surface area contributed by atoms with E-state index < -0.39 is 0 Å². The van der Waals surface area contributed by atoms with Crippen LogP contribution in [0, 0.1) is 5.82 Å². The van der Waals surface area contributed by atoms with Crippen molar-refractivity contribution in [2.24, 2.45) is 0 Å². The summed E-state index contributed by atoms with van der Waals surface area (Å²) in [5.74, 6) is 0.463. The molecule has 2 aromatic rings. The molecule has 0 spiro atoms. The first-order valence-electron chi connectivity index (χ1n) is 6.50. The summed E-state index contributed by atoms with van der Waals surface area (Å²) in [5, 5.41) is 11.0. The molecular weight excluding hydrogens is 275 g/mol. The van der Waals surface area contributed by atoms with Gasteiger partial charge in [-0.05, 0) is 36.3 Å². The van der Waals surface area contributed by atoms with Crippen LogP contribution < -0.4 is 10.6 Å². The van der Waals surface area contributed by atoms with Crippen molar-refractivity contribution in [2.75, 3.05) is 11.9 Å². The lowest BCUT2D eigenvalue weighted by Crippen LogP contribution is -2.29. The summed E-state index contributed by atoms with van der Waals surface area (Å²) in [7, 11) is 0. The smallest absolute Gasteiger partial charge is 0.171 e. The van der Waals surface area contributed by atoms with Crippen LogP contribution in [0.3, 0.4) is 0 Å². The summed E-state index contributed by atoms with van der Waals surface area (Å²) in [6.45, 7) is 3.51. The third kappa shape index (κ3) is 4.31. The van der Waals surface area contributed by atoms with E-state index in [0.717, 1.165) is 18.5 Å². The van der Waals surface area contributed by atoms with Crippen molar-refractivity contribution < 1.29 is 4.39 Å². The van der Waals surface area contributed by atoms with E-state index in [9.17, 15) is 4.39 Å². The van der Waals surface area contributed by atoms with E-state index in [4.69, 9.17) is 12.2 Å². The van der Waals surface area contributed by atoms with E-state index >= 15 is 0 Å². The van der Waals surface area contributed by atoms with E-state index in [1.807, 2.05) is 12.3 Å². The zero-order valence-corrected chi connectivity index (χ0v) is 12.1. The first-order chi connectivity index (χ1) is 9.67. The molecule has 2 rings (SSSR count). The van der Waals surface area contributed by atoms with Crippen LogP contribution in [-0.4, -0.2) is 21.4 Å². The highest BCUT2D eigenvalue weighted by Gasteiger charge is 2.02. The molecule has 4 nitrogen and oxygen atoms in total. The summed E-state index contributed by atoms with van der Waals surface area (Å²) in [6.07, 6.45) is 2.87. The van der Waals surface area contributed by atoms with Crippen molar-refractivity contribution >= 4 is 23.1 Å². The number of anilines is 1. The third-order valence-corrected chi connectivity index (χ3v) is 2.92. The zero-order chi connectivity index (χ0) is 14.4. The summed E-state index contributed by atoms with van der Waals surface area (Å²) < 4.78 is 14.6. The molecule has 106 valence electrons. The van der Waals surface area contributed by atoms with E-state index in [0.29, 0.717) is 17.5 Å². The Morgan fingerprint density at radius 2 is 2.05 bits per heavy atom. The molecule has 2 N–H and O–H groups in total. The number of thiocarbonyl (C=S) groups is 1. The van der Waals surface area contributed by atoms with Crippen LogP contribution in [-0.2, 0) is 6.54 Å². The summed E-state index contributed by atoms with van der Waals surface area (Å²) in [6, 6.07) is 8.24. The van der Waals surface area contributed by atoms with Gasteiger partial charge < -0.3 is 10.6 Å². The number of hydrogen-bond donors (Lipinski definition) is 2. The first kappa shape index (κ1) is 14.5. The first-order valence-corrected chi connectivity index (χ1v) is 6.91. The van der Waals surface area contributed by atoms with Crippen LogP contribution in [0.4, 0.5) is 10.2 Å². The van der Waals surface area contributed by atoms with E-state index in [1.165, 1.54) is 12.1 Å². The maximum Gasteiger partial charge on any atom is 0.171 e. The highest BCUT2D eigenvalue weighted by atomic mass is 32.1. The molecule has 0 radical (unpaired) electrons. The quantitative estimate of drug-likeness (QED) is 0.832. The largest absolute Gasteiger partial charge is 0.362 e. The van der Waals surface area contributed by atoms with Gasteiger partial charge in [0.15, 0.2) is 10.9 Å². The Labute approximate surface area is 123 Å². The fourth-order valence-corrected chi connectivity index (χ4v) is 1.90. The molecule has 0 atom stereocenters. The van der Waals surface area contributed by atoms with Gasteiger partial charge in [-0.2, -0.15) is 5.10 Å². The monoisotopic (exact) mass is 292 g/mol. The molecule has 0 bridgehead atoms. The minimum absolute atomic E-state index is 0.232. The molecule has 1 heterocycles. The molecule has 0 saturated carbocycles. The molecule has 0 aliphatic carbocycles. The second-order valence-corrected chi connectivity index (χ2v) is 4.81. The number of nitrogens with zero attached hydrogens (tertiary/aromatic N) is 2. The average molecular weight is 292 g/mol. The van der Waals surface area contributed by atoms with Gasteiger partial charge in [0.25, 0.3) is 0 Å². The molecule has 0 unspecified atom stereocenters. The maximum atomic E-state index is 12.8. The van der Waals surface area contributed by atoms with Crippen molar-refractivity contribution in [2.45, 2.75) is 19.9 Å². The Bertz CT molecular complexity index is 565. The van der Waals surface area contributed by atoms with Gasteiger partial charge >= 0.3 is 0 Å². The molecule has 20 heavy (non-hydrogen) atoms. The van der Waals surface area contributed by atoms with Crippen LogP contribution in [0.1, 0.15) is 18.9 Å². The van der Waals surface area contributed by atoms with Crippen LogP contribution in [0.2, 0.25) is 0 Å². The lowest BCUT2D eigenvalue weighted by atomic mass is 10.2. The van der Waals surface area contributed by atoms with Gasteiger partial charge in [0.05, 0.1) is 6.54 Å². The van der Waals surface area contributed by atoms with Gasteiger partial charge in [0.1, 0.15) is 5.82 Å². The van der Waals surface area contributed by atoms with Gasteiger partial charge in [-0.25, -0.2) is 4.39 Å². The molecule has 1 aromatic heterocycles. The number of halogens is 1. The number of hydrogen-bond acceptors (Lipinski definition) is 2. The van der Waals surface area contributed by atoms with Crippen molar-refractivity contribution in [1.29, 1.82) is 0 Å². The maximum absolute atomic E-state index is 12.8. The van der Waals surface area contributed by atoms with Gasteiger partial charge in [0, 0.05) is 18.8 Å². The van der Waals surface area contributed by atoms with Crippen LogP contribution in [0.15, 0.2) is 36.5 Å². The molecule has 6 heteroatoms. The molecule has 0 saturated heterocycles. The molecular formula is C14H17FN4S. The summed E-state index contributed by atoms with van der Waals surface area (Å²) in [4.78, 5) is 0. The predicted molar refractivity (Wildman–Crippen MR) is 82.2 cm³/mol. The van der Waals surface area contributed by atoms with E-state index in [2.05, 4.69) is 22.7 Å². The van der Waals surface area contributed by atoms with Gasteiger partial charge in [-0.15, -0.1) is 0 Å². The van der Waals surface area contributed by atoms with Crippen LogP contribution in [0.25, 0.3) is 0 Å². The molecule has 0 aliphatic rings. The predicted octanol–water partition coefficient (Wildman–Crippen LogP) is 2.77. The summed E-state index contributed by atoms with van der Waals surface area (Å²) >= 11 is 5.14. The second kappa shape index (κ2) is 7.00. The lowest BCUT2D eigenvalue weighted by Gasteiger charge is -2.06. The minimum Gasteiger partial charge on any atom is -0.362 e. The van der Waals surface area contributed by atoms with Crippen LogP contribution in [0.5, 0.6) is 0 Å². The van der Waals surface area contributed by atoms with Crippen molar-refractivity contribution in [3.63, 3.8) is 0 Å². The fraction of sp³-hybridized carbons (Fsp3) is 0.286.